The summed E-state index contributed by atoms with van der Waals surface area (Å²) in [5.74, 6) is -1.70. The Kier molecular flexibility index (Phi) is 3.56. The van der Waals surface area contributed by atoms with Crippen LogP contribution in [0.2, 0.25) is 0 Å². The molecule has 1 aromatic heterocycles. The van der Waals surface area contributed by atoms with Crippen molar-refractivity contribution in [3.8, 4) is 0 Å². The molecular formula is C12H9ClF2S. The van der Waals surface area contributed by atoms with Crippen molar-refractivity contribution in [3.63, 3.8) is 0 Å². The average Bonchev–Trinajstić information content (AvgIpc) is 2.74. The zero-order valence-electron chi connectivity index (χ0n) is 8.29. The summed E-state index contributed by atoms with van der Waals surface area (Å²) in [5.41, 5.74) is 0.218. The maximum absolute atomic E-state index is 13.4. The third-order valence-corrected chi connectivity index (χ3v) is 3.57. The lowest BCUT2D eigenvalue weighted by Crippen LogP contribution is -1.99. The summed E-state index contributed by atoms with van der Waals surface area (Å²) in [5, 5.41) is 1.40. The summed E-state index contributed by atoms with van der Waals surface area (Å²) in [7, 11) is 0. The molecule has 2 aromatic rings. The average molecular weight is 259 g/mol. The van der Waals surface area contributed by atoms with Crippen LogP contribution in [0.5, 0.6) is 0 Å². The molecule has 84 valence electrons. The van der Waals surface area contributed by atoms with Crippen molar-refractivity contribution in [2.45, 2.75) is 11.8 Å². The Morgan fingerprint density at radius 3 is 2.69 bits per heavy atom. The summed E-state index contributed by atoms with van der Waals surface area (Å²) in [6, 6.07) is 7.91. The molecule has 0 aliphatic carbocycles. The third-order valence-electron chi connectivity index (χ3n) is 2.28. The van der Waals surface area contributed by atoms with Gasteiger partial charge >= 0.3 is 0 Å². The molecule has 4 heteroatoms. The van der Waals surface area contributed by atoms with E-state index < -0.39 is 17.0 Å². The van der Waals surface area contributed by atoms with Crippen molar-refractivity contribution in [1.82, 2.24) is 0 Å². The number of benzene rings is 1. The summed E-state index contributed by atoms with van der Waals surface area (Å²) < 4.78 is 26.4. The van der Waals surface area contributed by atoms with Crippen LogP contribution in [0.4, 0.5) is 8.78 Å². The van der Waals surface area contributed by atoms with Gasteiger partial charge in [0.05, 0.1) is 5.38 Å². The minimum Gasteiger partial charge on any atom is -0.204 e. The largest absolute Gasteiger partial charge is 0.204 e. The molecule has 0 bridgehead atoms. The van der Waals surface area contributed by atoms with Gasteiger partial charge in [-0.2, -0.15) is 0 Å². The van der Waals surface area contributed by atoms with Crippen molar-refractivity contribution < 1.29 is 8.78 Å². The van der Waals surface area contributed by atoms with Gasteiger partial charge in [0, 0.05) is 16.9 Å². The monoisotopic (exact) mass is 258 g/mol. The van der Waals surface area contributed by atoms with Crippen LogP contribution in [0.3, 0.4) is 0 Å². The first-order valence-electron chi connectivity index (χ1n) is 4.79. The maximum Gasteiger partial charge on any atom is 0.163 e. The predicted molar refractivity (Wildman–Crippen MR) is 63.0 cm³/mol. The van der Waals surface area contributed by atoms with Gasteiger partial charge in [0.1, 0.15) is 0 Å². The number of alkyl halides is 1. The van der Waals surface area contributed by atoms with Crippen molar-refractivity contribution in [1.29, 1.82) is 0 Å². The molecule has 0 fully saturated rings. The lowest BCUT2D eigenvalue weighted by molar-refractivity contribution is 0.497. The van der Waals surface area contributed by atoms with Crippen molar-refractivity contribution in [2.24, 2.45) is 0 Å². The highest BCUT2D eigenvalue weighted by molar-refractivity contribution is 7.09. The molecule has 1 aromatic carbocycles. The van der Waals surface area contributed by atoms with Gasteiger partial charge in [-0.05, 0) is 17.5 Å². The van der Waals surface area contributed by atoms with E-state index in [1.807, 2.05) is 17.5 Å². The van der Waals surface area contributed by atoms with Crippen LogP contribution in [-0.4, -0.2) is 0 Å². The van der Waals surface area contributed by atoms with Crippen LogP contribution in [0.25, 0.3) is 0 Å². The molecule has 0 radical (unpaired) electrons. The fourth-order valence-corrected chi connectivity index (χ4v) is 2.66. The first-order chi connectivity index (χ1) is 7.68. The second-order valence-corrected chi connectivity index (χ2v) is 4.95. The zero-order chi connectivity index (χ0) is 11.5. The van der Waals surface area contributed by atoms with Crippen LogP contribution in [0.15, 0.2) is 35.7 Å². The Hall–Kier alpha value is -0.930. The highest BCUT2D eigenvalue weighted by atomic mass is 35.5. The van der Waals surface area contributed by atoms with Gasteiger partial charge in [0.25, 0.3) is 0 Å². The van der Waals surface area contributed by atoms with Gasteiger partial charge in [0.2, 0.25) is 0 Å². The highest BCUT2D eigenvalue weighted by Crippen LogP contribution is 2.29. The first-order valence-corrected chi connectivity index (χ1v) is 6.10. The van der Waals surface area contributed by atoms with Gasteiger partial charge in [-0.3, -0.25) is 0 Å². The molecule has 0 saturated carbocycles. The SMILES string of the molecule is Fc1cccc(C(Cl)Cc2cccs2)c1F. The van der Waals surface area contributed by atoms with Crippen LogP contribution < -0.4 is 0 Å². The Morgan fingerprint density at radius 2 is 2.00 bits per heavy atom. The zero-order valence-corrected chi connectivity index (χ0v) is 9.86. The van der Waals surface area contributed by atoms with Crippen LogP contribution in [0.1, 0.15) is 15.8 Å². The van der Waals surface area contributed by atoms with Crippen LogP contribution >= 0.6 is 22.9 Å². The van der Waals surface area contributed by atoms with Crippen molar-refractivity contribution >= 4 is 22.9 Å². The van der Waals surface area contributed by atoms with E-state index in [1.165, 1.54) is 12.1 Å². The Bertz CT molecular complexity index is 468. The molecule has 0 nitrogen and oxygen atoms in total. The first kappa shape index (κ1) is 11.6. The molecule has 0 aliphatic heterocycles. The molecule has 0 N–H and O–H groups in total. The number of halogens is 3. The van der Waals surface area contributed by atoms with Crippen molar-refractivity contribution in [3.05, 3.63) is 57.8 Å². The minimum atomic E-state index is -0.852. The minimum absolute atomic E-state index is 0.218. The molecule has 1 atom stereocenters. The summed E-state index contributed by atoms with van der Waals surface area (Å²) in [6.07, 6.45) is 0.513. The van der Waals surface area contributed by atoms with E-state index in [2.05, 4.69) is 0 Å². The fraction of sp³-hybridized carbons (Fsp3) is 0.167. The molecule has 0 amide bonds. The molecule has 16 heavy (non-hydrogen) atoms. The van der Waals surface area contributed by atoms with Gasteiger partial charge in [-0.25, -0.2) is 8.78 Å². The van der Waals surface area contributed by atoms with Crippen LogP contribution in [-0.2, 0) is 6.42 Å². The number of thiophene rings is 1. The van der Waals surface area contributed by atoms with Crippen LogP contribution in [0, 0.1) is 11.6 Å². The van der Waals surface area contributed by atoms with Gasteiger partial charge in [-0.1, -0.05) is 18.2 Å². The normalized spacial score (nSPS) is 12.7. The summed E-state index contributed by atoms with van der Waals surface area (Å²) in [4.78, 5) is 1.06. The Morgan fingerprint density at radius 1 is 1.19 bits per heavy atom. The lowest BCUT2D eigenvalue weighted by Gasteiger charge is -2.09. The van der Waals surface area contributed by atoms with E-state index in [9.17, 15) is 8.78 Å². The Balaban J connectivity index is 2.21. The second-order valence-electron chi connectivity index (χ2n) is 3.39. The van der Waals surface area contributed by atoms with E-state index in [0.29, 0.717) is 6.42 Å². The van der Waals surface area contributed by atoms with Gasteiger partial charge in [0.15, 0.2) is 11.6 Å². The maximum atomic E-state index is 13.4. The highest BCUT2D eigenvalue weighted by Gasteiger charge is 2.16. The van der Waals surface area contributed by atoms with Gasteiger partial charge < -0.3 is 0 Å². The molecule has 0 saturated heterocycles. The fourth-order valence-electron chi connectivity index (χ4n) is 1.48. The van der Waals surface area contributed by atoms with E-state index in [0.717, 1.165) is 10.9 Å². The lowest BCUT2D eigenvalue weighted by atomic mass is 10.1. The second kappa shape index (κ2) is 4.93. The predicted octanol–water partition coefficient (Wildman–Crippen LogP) is 4.55. The van der Waals surface area contributed by atoms with Gasteiger partial charge in [-0.15, -0.1) is 22.9 Å². The smallest absolute Gasteiger partial charge is 0.163 e. The van der Waals surface area contributed by atoms with E-state index in [-0.39, 0.29) is 5.56 Å². The molecule has 0 aliphatic rings. The van der Waals surface area contributed by atoms with E-state index >= 15 is 0 Å². The number of hydrogen-bond acceptors (Lipinski definition) is 1. The molecule has 2 rings (SSSR count). The van der Waals surface area contributed by atoms with E-state index in [4.69, 9.17) is 11.6 Å². The number of rotatable bonds is 3. The standard InChI is InChI=1S/C12H9ClF2S/c13-10(7-8-3-2-6-16-8)9-4-1-5-11(14)12(9)15/h1-6,10H,7H2. The summed E-state index contributed by atoms with van der Waals surface area (Å²) >= 11 is 7.63. The summed E-state index contributed by atoms with van der Waals surface area (Å²) in [6.45, 7) is 0. The quantitative estimate of drug-likeness (QED) is 0.709. The molecule has 1 unspecified atom stereocenters. The van der Waals surface area contributed by atoms with Crippen molar-refractivity contribution in [2.75, 3.05) is 0 Å². The molecule has 1 heterocycles. The Labute approximate surface area is 101 Å². The van der Waals surface area contributed by atoms with E-state index in [1.54, 1.807) is 11.3 Å². The number of hydrogen-bond donors (Lipinski definition) is 0. The topological polar surface area (TPSA) is 0 Å². The molecular weight excluding hydrogens is 250 g/mol. The third kappa shape index (κ3) is 2.42. The molecule has 0 spiro atoms.